The second-order valence-corrected chi connectivity index (χ2v) is 7.84. The number of aliphatic hydroxyl groups is 1. The van der Waals surface area contributed by atoms with E-state index < -0.39 is 29.4 Å². The minimum absolute atomic E-state index is 0.000799. The number of ether oxygens (including phenoxy) is 1. The van der Waals surface area contributed by atoms with Crippen LogP contribution in [0.5, 0.6) is 5.75 Å². The standard InChI is InChI=1S/C23H22F4O2/c1-11(28)12-3-8-17(21(25)20(12)24)15-6-4-14-13(15)5-7-16(14)18-9-10-19(29-2)23(27)22(18)26/h3,7-11,13-15,28H,4-6H2,1-2H3. The average Bonchev–Trinajstić information content (AvgIpc) is 3.28. The highest BCUT2D eigenvalue weighted by Gasteiger charge is 2.43. The molecule has 0 radical (unpaired) electrons. The SMILES string of the molecule is COc1ccc(C2=CCC3C2CCC3c2ccc(C(C)O)c(F)c2F)c(F)c1F. The molecule has 0 spiro atoms. The summed E-state index contributed by atoms with van der Waals surface area (Å²) in [5.74, 6) is -4.32. The second kappa shape index (κ2) is 7.48. The van der Waals surface area contributed by atoms with Gasteiger partial charge in [0.25, 0.3) is 0 Å². The fraction of sp³-hybridized carbons (Fsp3) is 0.391. The van der Waals surface area contributed by atoms with Crippen molar-refractivity contribution in [1.29, 1.82) is 0 Å². The van der Waals surface area contributed by atoms with Crippen molar-refractivity contribution in [3.63, 3.8) is 0 Å². The predicted octanol–water partition coefficient (Wildman–Crippen LogP) is 5.90. The third-order valence-corrected chi connectivity index (χ3v) is 6.40. The molecule has 2 aromatic carbocycles. The zero-order valence-electron chi connectivity index (χ0n) is 16.2. The highest BCUT2D eigenvalue weighted by atomic mass is 19.2. The van der Waals surface area contributed by atoms with Crippen LogP contribution >= 0.6 is 0 Å². The van der Waals surface area contributed by atoms with Crippen molar-refractivity contribution in [1.82, 2.24) is 0 Å². The van der Waals surface area contributed by atoms with Crippen molar-refractivity contribution >= 4 is 5.57 Å². The fourth-order valence-electron chi connectivity index (χ4n) is 4.99. The summed E-state index contributed by atoms with van der Waals surface area (Å²) in [5.41, 5.74) is 1.14. The van der Waals surface area contributed by atoms with Crippen molar-refractivity contribution in [2.75, 3.05) is 7.11 Å². The van der Waals surface area contributed by atoms with Crippen molar-refractivity contribution in [2.24, 2.45) is 11.8 Å². The summed E-state index contributed by atoms with van der Waals surface area (Å²) in [4.78, 5) is 0. The number of rotatable bonds is 4. The summed E-state index contributed by atoms with van der Waals surface area (Å²) in [5, 5.41) is 9.59. The molecule has 29 heavy (non-hydrogen) atoms. The number of halogens is 4. The first-order valence-electron chi connectivity index (χ1n) is 9.73. The number of fused-ring (bicyclic) bond motifs is 1. The van der Waals surface area contributed by atoms with Crippen LogP contribution in [-0.4, -0.2) is 12.2 Å². The highest BCUT2D eigenvalue weighted by Crippen LogP contribution is 2.55. The predicted molar refractivity (Wildman–Crippen MR) is 101 cm³/mol. The molecule has 0 bridgehead atoms. The maximum atomic E-state index is 14.7. The molecule has 4 rings (SSSR count). The van der Waals surface area contributed by atoms with Crippen molar-refractivity contribution < 1.29 is 27.4 Å². The van der Waals surface area contributed by atoms with Crippen LogP contribution in [0.3, 0.4) is 0 Å². The van der Waals surface area contributed by atoms with E-state index in [1.807, 2.05) is 6.08 Å². The van der Waals surface area contributed by atoms with E-state index >= 15 is 0 Å². The summed E-state index contributed by atoms with van der Waals surface area (Å²) in [6.45, 7) is 1.39. The lowest BCUT2D eigenvalue weighted by Crippen LogP contribution is -2.13. The Hall–Kier alpha value is -2.34. The number of hydrogen-bond donors (Lipinski definition) is 1. The molecule has 0 heterocycles. The van der Waals surface area contributed by atoms with E-state index in [1.54, 1.807) is 6.07 Å². The van der Waals surface area contributed by atoms with E-state index in [-0.39, 0.29) is 40.2 Å². The molecule has 1 saturated carbocycles. The molecular formula is C23H22F4O2. The molecule has 1 N–H and O–H groups in total. The molecule has 4 unspecified atom stereocenters. The Morgan fingerprint density at radius 2 is 1.66 bits per heavy atom. The first-order chi connectivity index (χ1) is 13.8. The molecule has 4 atom stereocenters. The Kier molecular flexibility index (Phi) is 5.15. The van der Waals surface area contributed by atoms with Gasteiger partial charge in [-0.1, -0.05) is 18.2 Å². The smallest absolute Gasteiger partial charge is 0.201 e. The summed E-state index contributed by atoms with van der Waals surface area (Å²) < 4.78 is 62.7. The molecule has 154 valence electrons. The molecule has 6 heteroatoms. The van der Waals surface area contributed by atoms with Crippen LogP contribution in [0.4, 0.5) is 17.6 Å². The lowest BCUT2D eigenvalue weighted by molar-refractivity contribution is 0.192. The van der Waals surface area contributed by atoms with Crippen molar-refractivity contribution in [3.05, 3.63) is 70.3 Å². The Morgan fingerprint density at radius 1 is 0.931 bits per heavy atom. The maximum absolute atomic E-state index is 14.7. The number of hydrogen-bond acceptors (Lipinski definition) is 2. The van der Waals surface area contributed by atoms with Crippen LogP contribution in [0.15, 0.2) is 30.3 Å². The first-order valence-corrected chi connectivity index (χ1v) is 9.73. The molecule has 2 aliphatic carbocycles. The van der Waals surface area contributed by atoms with Gasteiger partial charge in [0.05, 0.1) is 13.2 Å². The lowest BCUT2D eigenvalue weighted by atomic mass is 9.83. The minimum Gasteiger partial charge on any atom is -0.494 e. The van der Waals surface area contributed by atoms with Crippen LogP contribution in [0, 0.1) is 35.1 Å². The third-order valence-electron chi connectivity index (χ3n) is 6.40. The molecular weight excluding hydrogens is 384 g/mol. The second-order valence-electron chi connectivity index (χ2n) is 7.84. The number of allylic oxidation sites excluding steroid dienone is 2. The molecule has 0 amide bonds. The van der Waals surface area contributed by atoms with E-state index in [0.29, 0.717) is 19.3 Å². The third kappa shape index (κ3) is 3.14. The largest absolute Gasteiger partial charge is 0.494 e. The van der Waals surface area contributed by atoms with Crippen LogP contribution < -0.4 is 4.74 Å². The van der Waals surface area contributed by atoms with Gasteiger partial charge in [0.1, 0.15) is 0 Å². The Morgan fingerprint density at radius 3 is 2.34 bits per heavy atom. The van der Waals surface area contributed by atoms with Crippen LogP contribution in [0.1, 0.15) is 54.9 Å². The molecule has 0 aromatic heterocycles. The van der Waals surface area contributed by atoms with E-state index in [2.05, 4.69) is 0 Å². The monoisotopic (exact) mass is 406 g/mol. The van der Waals surface area contributed by atoms with Gasteiger partial charge in [0.2, 0.25) is 5.82 Å². The van der Waals surface area contributed by atoms with Crippen molar-refractivity contribution in [2.45, 2.75) is 38.2 Å². The molecule has 1 fully saturated rings. The summed E-state index contributed by atoms with van der Waals surface area (Å²) in [6.07, 6.45) is 2.70. The topological polar surface area (TPSA) is 29.5 Å². The number of benzene rings is 2. The van der Waals surface area contributed by atoms with Gasteiger partial charge < -0.3 is 9.84 Å². The maximum Gasteiger partial charge on any atom is 0.201 e. The molecule has 0 saturated heterocycles. The highest BCUT2D eigenvalue weighted by molar-refractivity contribution is 5.71. The van der Waals surface area contributed by atoms with E-state index in [1.165, 1.54) is 32.2 Å². The van der Waals surface area contributed by atoms with Gasteiger partial charge in [-0.2, -0.15) is 4.39 Å². The molecule has 2 aromatic rings. The Labute approximate surface area is 166 Å². The Bertz CT molecular complexity index is 983. The number of methoxy groups -OCH3 is 1. The van der Waals surface area contributed by atoms with Crippen molar-refractivity contribution in [3.8, 4) is 5.75 Å². The minimum atomic E-state index is -1.09. The summed E-state index contributed by atoms with van der Waals surface area (Å²) in [6, 6.07) is 5.88. The lowest BCUT2D eigenvalue weighted by Gasteiger charge is -2.22. The van der Waals surface area contributed by atoms with Gasteiger partial charge in [-0.05, 0) is 67.2 Å². The van der Waals surface area contributed by atoms with Gasteiger partial charge in [-0.15, -0.1) is 0 Å². The summed E-state index contributed by atoms with van der Waals surface area (Å²) in [7, 11) is 1.28. The summed E-state index contributed by atoms with van der Waals surface area (Å²) >= 11 is 0. The molecule has 2 aliphatic rings. The van der Waals surface area contributed by atoms with Crippen LogP contribution in [0.25, 0.3) is 5.57 Å². The van der Waals surface area contributed by atoms with Gasteiger partial charge in [0.15, 0.2) is 23.2 Å². The molecule has 0 aliphatic heterocycles. The average molecular weight is 406 g/mol. The fourth-order valence-corrected chi connectivity index (χ4v) is 4.99. The van der Waals surface area contributed by atoms with E-state index in [4.69, 9.17) is 4.74 Å². The molecule has 2 nitrogen and oxygen atoms in total. The van der Waals surface area contributed by atoms with Gasteiger partial charge >= 0.3 is 0 Å². The zero-order valence-corrected chi connectivity index (χ0v) is 16.2. The van der Waals surface area contributed by atoms with Crippen LogP contribution in [0.2, 0.25) is 0 Å². The zero-order chi connectivity index (χ0) is 20.9. The van der Waals surface area contributed by atoms with Gasteiger partial charge in [-0.3, -0.25) is 0 Å². The van der Waals surface area contributed by atoms with Gasteiger partial charge in [-0.25, -0.2) is 13.2 Å². The Balaban J connectivity index is 1.64. The van der Waals surface area contributed by atoms with Crippen LogP contribution in [-0.2, 0) is 0 Å². The van der Waals surface area contributed by atoms with E-state index in [9.17, 15) is 22.7 Å². The van der Waals surface area contributed by atoms with E-state index in [0.717, 1.165) is 5.57 Å². The quantitative estimate of drug-likeness (QED) is 0.641. The normalized spacial score (nSPS) is 24.4. The first kappa shape index (κ1) is 20.0. The number of aliphatic hydroxyl groups excluding tert-OH is 1. The van der Waals surface area contributed by atoms with Gasteiger partial charge in [0, 0.05) is 11.1 Å².